The predicted molar refractivity (Wildman–Crippen MR) is 131 cm³/mol. The second-order valence-corrected chi connectivity index (χ2v) is 8.24. The van der Waals surface area contributed by atoms with Gasteiger partial charge in [-0.25, -0.2) is 9.18 Å². The number of aromatic nitrogens is 2. The maximum absolute atomic E-state index is 13.5. The average molecular weight is 471 g/mol. The summed E-state index contributed by atoms with van der Waals surface area (Å²) < 4.78 is 21.4. The lowest BCUT2D eigenvalue weighted by Gasteiger charge is -2.12. The maximum Gasteiger partial charge on any atom is 0.332 e. The van der Waals surface area contributed by atoms with Crippen molar-refractivity contribution in [2.24, 2.45) is 0 Å². The lowest BCUT2D eigenvalue weighted by molar-refractivity contribution is -0.121. The highest BCUT2D eigenvalue weighted by atomic mass is 19.1. The summed E-state index contributed by atoms with van der Waals surface area (Å²) in [5.41, 5.74) is 1.38. The van der Waals surface area contributed by atoms with Gasteiger partial charge in [0.15, 0.2) is 0 Å². The van der Waals surface area contributed by atoms with Gasteiger partial charge in [0.05, 0.1) is 0 Å². The van der Waals surface area contributed by atoms with Crippen LogP contribution in [0.5, 0.6) is 0 Å². The maximum atomic E-state index is 13.5. The Hall–Kier alpha value is -4.46. The van der Waals surface area contributed by atoms with E-state index < -0.39 is 17.2 Å². The highest BCUT2D eigenvalue weighted by Crippen LogP contribution is 2.25. The SMILES string of the molecule is O=C(Cn1c(=O)n(CCc2ccccc2)c(=O)c2oc3ccccc3c21)NCc1ccc(F)cc1. The van der Waals surface area contributed by atoms with Gasteiger partial charge in [0.2, 0.25) is 11.5 Å². The average Bonchev–Trinajstić information content (AvgIpc) is 3.27. The summed E-state index contributed by atoms with van der Waals surface area (Å²) in [7, 11) is 0. The van der Waals surface area contributed by atoms with Crippen LogP contribution in [-0.2, 0) is 30.8 Å². The lowest BCUT2D eigenvalue weighted by atomic mass is 10.1. The van der Waals surface area contributed by atoms with E-state index in [9.17, 15) is 18.8 Å². The van der Waals surface area contributed by atoms with Crippen LogP contribution in [0.3, 0.4) is 0 Å². The van der Waals surface area contributed by atoms with Crippen molar-refractivity contribution in [1.82, 2.24) is 14.5 Å². The fourth-order valence-corrected chi connectivity index (χ4v) is 4.13. The summed E-state index contributed by atoms with van der Waals surface area (Å²) in [5, 5.41) is 3.33. The minimum atomic E-state index is -0.582. The van der Waals surface area contributed by atoms with E-state index in [-0.39, 0.29) is 31.0 Å². The monoisotopic (exact) mass is 471 g/mol. The Balaban J connectivity index is 1.52. The molecule has 5 aromatic rings. The minimum Gasteiger partial charge on any atom is -0.449 e. The quantitative estimate of drug-likeness (QED) is 0.393. The van der Waals surface area contributed by atoms with E-state index in [1.165, 1.54) is 16.7 Å². The number of aryl methyl sites for hydroxylation is 1. The molecule has 0 radical (unpaired) electrons. The number of hydrogen-bond donors (Lipinski definition) is 1. The molecule has 8 heteroatoms. The van der Waals surface area contributed by atoms with Crippen LogP contribution in [0.2, 0.25) is 0 Å². The van der Waals surface area contributed by atoms with E-state index in [0.29, 0.717) is 22.9 Å². The van der Waals surface area contributed by atoms with Crippen LogP contribution in [0, 0.1) is 5.82 Å². The first-order valence-corrected chi connectivity index (χ1v) is 11.2. The molecule has 2 heterocycles. The van der Waals surface area contributed by atoms with Gasteiger partial charge in [-0.05, 0) is 41.8 Å². The van der Waals surface area contributed by atoms with Crippen LogP contribution < -0.4 is 16.6 Å². The van der Waals surface area contributed by atoms with Crippen LogP contribution in [-0.4, -0.2) is 15.0 Å². The lowest BCUT2D eigenvalue weighted by Crippen LogP contribution is -2.42. The van der Waals surface area contributed by atoms with Crippen molar-refractivity contribution in [3.8, 4) is 0 Å². The van der Waals surface area contributed by atoms with E-state index >= 15 is 0 Å². The van der Waals surface area contributed by atoms with Gasteiger partial charge in [-0.3, -0.25) is 18.7 Å². The summed E-state index contributed by atoms with van der Waals surface area (Å²) >= 11 is 0. The third kappa shape index (κ3) is 4.50. The second-order valence-electron chi connectivity index (χ2n) is 8.24. The fraction of sp³-hybridized carbons (Fsp3) is 0.148. The van der Waals surface area contributed by atoms with Crippen molar-refractivity contribution >= 4 is 28.0 Å². The standard InChI is InChI=1S/C27H22FN3O4/c28-20-12-10-19(11-13-20)16-29-23(32)17-31-24-21-8-4-5-9-22(21)35-25(24)26(33)30(27(31)34)15-14-18-6-2-1-3-7-18/h1-13H,14-17H2,(H,29,32). The largest absolute Gasteiger partial charge is 0.449 e. The van der Waals surface area contributed by atoms with Gasteiger partial charge < -0.3 is 9.73 Å². The normalized spacial score (nSPS) is 11.2. The highest BCUT2D eigenvalue weighted by molar-refractivity contribution is 6.02. The van der Waals surface area contributed by atoms with E-state index in [1.54, 1.807) is 36.4 Å². The van der Waals surface area contributed by atoms with Crippen molar-refractivity contribution in [3.05, 3.63) is 117 Å². The molecule has 0 fully saturated rings. The Bertz CT molecular complexity index is 1630. The smallest absolute Gasteiger partial charge is 0.332 e. The summed E-state index contributed by atoms with van der Waals surface area (Å²) in [5.74, 6) is -0.783. The summed E-state index contributed by atoms with van der Waals surface area (Å²) in [4.78, 5) is 39.5. The number of nitrogens with zero attached hydrogens (tertiary/aromatic N) is 2. The zero-order valence-corrected chi connectivity index (χ0v) is 18.7. The van der Waals surface area contributed by atoms with Gasteiger partial charge in [0.25, 0.3) is 5.56 Å². The van der Waals surface area contributed by atoms with Crippen LogP contribution in [0.15, 0.2) is 92.9 Å². The van der Waals surface area contributed by atoms with Crippen LogP contribution in [0.1, 0.15) is 11.1 Å². The topological polar surface area (TPSA) is 86.2 Å². The van der Waals surface area contributed by atoms with Gasteiger partial charge in [-0.1, -0.05) is 54.6 Å². The Morgan fingerprint density at radius 2 is 1.57 bits per heavy atom. The molecule has 0 atom stereocenters. The molecule has 1 N–H and O–H groups in total. The third-order valence-electron chi connectivity index (χ3n) is 5.91. The molecule has 0 aliphatic rings. The zero-order chi connectivity index (χ0) is 24.4. The first kappa shape index (κ1) is 22.3. The molecule has 7 nitrogen and oxygen atoms in total. The van der Waals surface area contributed by atoms with Crippen LogP contribution in [0.25, 0.3) is 22.1 Å². The summed E-state index contributed by atoms with van der Waals surface area (Å²) in [6.07, 6.45) is 0.471. The number of nitrogens with one attached hydrogen (secondary N) is 1. The molecular weight excluding hydrogens is 449 g/mol. The van der Waals surface area contributed by atoms with Gasteiger partial charge in [-0.15, -0.1) is 0 Å². The number of carbonyl (C=O) groups is 1. The number of hydrogen-bond acceptors (Lipinski definition) is 4. The Morgan fingerprint density at radius 1 is 0.857 bits per heavy atom. The molecule has 0 unspecified atom stereocenters. The number of furan rings is 1. The number of halogens is 1. The predicted octanol–water partition coefficient (Wildman–Crippen LogP) is 3.61. The summed E-state index contributed by atoms with van der Waals surface area (Å²) in [6.45, 7) is 0.0221. The Morgan fingerprint density at radius 3 is 2.34 bits per heavy atom. The van der Waals surface area contributed by atoms with Gasteiger partial charge in [0, 0.05) is 18.5 Å². The van der Waals surface area contributed by atoms with Crippen molar-refractivity contribution in [2.75, 3.05) is 0 Å². The van der Waals surface area contributed by atoms with E-state index in [2.05, 4.69) is 5.32 Å². The number of rotatable bonds is 7. The molecule has 5 rings (SSSR count). The molecular formula is C27H22FN3O4. The number of amides is 1. The van der Waals surface area contributed by atoms with E-state index in [1.807, 2.05) is 30.3 Å². The van der Waals surface area contributed by atoms with Crippen molar-refractivity contribution in [2.45, 2.75) is 26.1 Å². The molecule has 35 heavy (non-hydrogen) atoms. The first-order valence-electron chi connectivity index (χ1n) is 11.2. The molecule has 3 aromatic carbocycles. The molecule has 0 saturated carbocycles. The molecule has 0 spiro atoms. The molecule has 0 aliphatic carbocycles. The molecule has 176 valence electrons. The minimum absolute atomic E-state index is 0.0326. The number of fused-ring (bicyclic) bond motifs is 3. The van der Waals surface area contributed by atoms with Gasteiger partial charge in [0.1, 0.15) is 23.5 Å². The zero-order valence-electron chi connectivity index (χ0n) is 18.7. The van der Waals surface area contributed by atoms with E-state index in [4.69, 9.17) is 4.42 Å². The van der Waals surface area contributed by atoms with Gasteiger partial charge >= 0.3 is 5.69 Å². The van der Waals surface area contributed by atoms with E-state index in [0.717, 1.165) is 15.7 Å². The third-order valence-corrected chi connectivity index (χ3v) is 5.91. The summed E-state index contributed by atoms with van der Waals surface area (Å²) in [6, 6.07) is 22.3. The fourth-order valence-electron chi connectivity index (χ4n) is 4.13. The molecule has 1 amide bonds. The number of carbonyl (C=O) groups excluding carboxylic acids is 1. The first-order chi connectivity index (χ1) is 17.0. The van der Waals surface area contributed by atoms with Crippen molar-refractivity contribution in [1.29, 1.82) is 0 Å². The number of benzene rings is 3. The second kappa shape index (κ2) is 9.42. The Labute approximate surface area is 199 Å². The van der Waals surface area contributed by atoms with Crippen molar-refractivity contribution < 1.29 is 13.6 Å². The molecule has 0 bridgehead atoms. The van der Waals surface area contributed by atoms with Gasteiger partial charge in [-0.2, -0.15) is 0 Å². The Kier molecular flexibility index (Phi) is 6.01. The molecule has 2 aromatic heterocycles. The molecule has 0 saturated heterocycles. The number of para-hydroxylation sites is 1. The van der Waals surface area contributed by atoms with Crippen molar-refractivity contribution in [3.63, 3.8) is 0 Å². The van der Waals surface area contributed by atoms with Crippen LogP contribution >= 0.6 is 0 Å². The molecule has 0 aliphatic heterocycles. The highest BCUT2D eigenvalue weighted by Gasteiger charge is 2.21. The van der Waals surface area contributed by atoms with Crippen LogP contribution in [0.4, 0.5) is 4.39 Å².